The fourth-order valence-electron chi connectivity index (χ4n) is 2.44. The molecule has 0 unspecified atom stereocenters. The fraction of sp³-hybridized carbons (Fsp3) is 0.294. The van der Waals surface area contributed by atoms with Gasteiger partial charge in [0.05, 0.1) is 5.69 Å². The molecule has 1 aromatic carbocycles. The molecule has 7 nitrogen and oxygen atoms in total. The van der Waals surface area contributed by atoms with E-state index in [0.717, 1.165) is 12.0 Å². The van der Waals surface area contributed by atoms with Gasteiger partial charge in [-0.25, -0.2) is 4.68 Å². The predicted molar refractivity (Wildman–Crippen MR) is 93.4 cm³/mol. The summed E-state index contributed by atoms with van der Waals surface area (Å²) in [5.74, 6) is 0.930. The van der Waals surface area contributed by atoms with E-state index in [4.69, 9.17) is 21.9 Å². The SMILES string of the molecule is Cc1cc(CN)nn(Cc2nc(CCc3ccc(Cl)cc3)no2)c1=O. The molecule has 0 fully saturated rings. The van der Waals surface area contributed by atoms with Crippen molar-refractivity contribution in [2.24, 2.45) is 5.73 Å². The van der Waals surface area contributed by atoms with Crippen molar-refractivity contribution in [3.63, 3.8) is 0 Å². The van der Waals surface area contributed by atoms with Gasteiger partial charge in [-0.2, -0.15) is 10.1 Å². The van der Waals surface area contributed by atoms with E-state index in [2.05, 4.69) is 15.2 Å². The van der Waals surface area contributed by atoms with E-state index in [1.165, 1.54) is 4.68 Å². The third kappa shape index (κ3) is 4.32. The largest absolute Gasteiger partial charge is 0.337 e. The molecule has 0 bridgehead atoms. The Labute approximate surface area is 149 Å². The van der Waals surface area contributed by atoms with Gasteiger partial charge in [-0.1, -0.05) is 28.9 Å². The number of aryl methyl sites for hydroxylation is 3. The fourth-order valence-corrected chi connectivity index (χ4v) is 2.57. The Hall–Kier alpha value is -2.51. The first kappa shape index (κ1) is 17.3. The molecule has 0 aliphatic rings. The third-order valence-corrected chi connectivity index (χ3v) is 4.01. The van der Waals surface area contributed by atoms with Crippen LogP contribution in [0, 0.1) is 6.92 Å². The summed E-state index contributed by atoms with van der Waals surface area (Å²) in [5, 5.41) is 8.86. The molecule has 0 spiro atoms. The van der Waals surface area contributed by atoms with Crippen LogP contribution in [0.3, 0.4) is 0 Å². The summed E-state index contributed by atoms with van der Waals surface area (Å²) < 4.78 is 6.53. The van der Waals surface area contributed by atoms with Gasteiger partial charge in [0, 0.05) is 23.6 Å². The van der Waals surface area contributed by atoms with Crippen LogP contribution in [0.4, 0.5) is 0 Å². The highest BCUT2D eigenvalue weighted by molar-refractivity contribution is 6.30. The Morgan fingerprint density at radius 1 is 1.24 bits per heavy atom. The zero-order valence-electron chi connectivity index (χ0n) is 13.8. The Kier molecular flexibility index (Phi) is 5.25. The van der Waals surface area contributed by atoms with E-state index in [1.54, 1.807) is 13.0 Å². The minimum absolute atomic E-state index is 0.126. The summed E-state index contributed by atoms with van der Waals surface area (Å²) in [6.07, 6.45) is 1.41. The lowest BCUT2D eigenvalue weighted by Crippen LogP contribution is -2.27. The highest BCUT2D eigenvalue weighted by Gasteiger charge is 2.11. The molecule has 2 heterocycles. The van der Waals surface area contributed by atoms with Crippen LogP contribution < -0.4 is 11.3 Å². The maximum atomic E-state index is 12.1. The van der Waals surface area contributed by atoms with Crippen molar-refractivity contribution in [3.05, 3.63) is 74.2 Å². The van der Waals surface area contributed by atoms with Gasteiger partial charge < -0.3 is 10.3 Å². The van der Waals surface area contributed by atoms with Crippen LogP contribution in [0.1, 0.15) is 28.5 Å². The molecular weight excluding hydrogens is 342 g/mol. The topological polar surface area (TPSA) is 99.8 Å². The maximum Gasteiger partial charge on any atom is 0.270 e. The molecule has 0 aliphatic carbocycles. The third-order valence-electron chi connectivity index (χ3n) is 3.76. The van der Waals surface area contributed by atoms with Gasteiger partial charge in [0.1, 0.15) is 6.54 Å². The quantitative estimate of drug-likeness (QED) is 0.721. The second-order valence-electron chi connectivity index (χ2n) is 5.72. The Balaban J connectivity index is 1.68. The molecule has 2 aromatic heterocycles. The highest BCUT2D eigenvalue weighted by Crippen LogP contribution is 2.11. The average Bonchev–Trinajstić information content (AvgIpc) is 3.05. The lowest BCUT2D eigenvalue weighted by Gasteiger charge is -2.05. The van der Waals surface area contributed by atoms with Crippen LogP contribution in [-0.4, -0.2) is 19.9 Å². The Morgan fingerprint density at radius 2 is 2.00 bits per heavy atom. The summed E-state index contributed by atoms with van der Waals surface area (Å²) in [5.41, 5.74) is 7.76. The molecule has 8 heteroatoms. The van der Waals surface area contributed by atoms with Crippen molar-refractivity contribution in [3.8, 4) is 0 Å². The van der Waals surface area contributed by atoms with E-state index >= 15 is 0 Å². The van der Waals surface area contributed by atoms with Crippen LogP contribution in [0.25, 0.3) is 0 Å². The van der Waals surface area contributed by atoms with Crippen LogP contribution in [-0.2, 0) is 25.9 Å². The molecule has 0 aliphatic heterocycles. The first-order valence-corrected chi connectivity index (χ1v) is 8.26. The minimum Gasteiger partial charge on any atom is -0.337 e. The smallest absolute Gasteiger partial charge is 0.270 e. The first-order valence-electron chi connectivity index (χ1n) is 7.89. The number of halogens is 1. The molecule has 0 radical (unpaired) electrons. The number of nitrogens with zero attached hydrogens (tertiary/aromatic N) is 4. The first-order chi connectivity index (χ1) is 12.0. The van der Waals surface area contributed by atoms with E-state index < -0.39 is 0 Å². The van der Waals surface area contributed by atoms with Crippen molar-refractivity contribution in [2.75, 3.05) is 0 Å². The zero-order valence-corrected chi connectivity index (χ0v) is 14.5. The predicted octanol–water partition coefficient (Wildman–Crippen LogP) is 1.88. The molecule has 3 aromatic rings. The second kappa shape index (κ2) is 7.58. The van der Waals surface area contributed by atoms with Gasteiger partial charge in [-0.15, -0.1) is 0 Å². The molecule has 0 atom stereocenters. The summed E-state index contributed by atoms with van der Waals surface area (Å²) >= 11 is 5.87. The maximum absolute atomic E-state index is 12.1. The summed E-state index contributed by atoms with van der Waals surface area (Å²) in [7, 11) is 0. The van der Waals surface area contributed by atoms with Crippen LogP contribution in [0.5, 0.6) is 0 Å². The van der Waals surface area contributed by atoms with Gasteiger partial charge in [-0.05, 0) is 37.1 Å². The van der Waals surface area contributed by atoms with Crippen LogP contribution in [0.15, 0.2) is 39.6 Å². The normalized spacial score (nSPS) is 11.0. The number of hydrogen-bond acceptors (Lipinski definition) is 6. The number of benzene rings is 1. The van der Waals surface area contributed by atoms with Crippen LogP contribution in [0.2, 0.25) is 5.02 Å². The van der Waals surface area contributed by atoms with Gasteiger partial charge in [0.15, 0.2) is 5.82 Å². The van der Waals surface area contributed by atoms with E-state index in [9.17, 15) is 4.79 Å². The van der Waals surface area contributed by atoms with Crippen molar-refractivity contribution in [1.82, 2.24) is 19.9 Å². The molecule has 0 saturated carbocycles. The standard InChI is InChI=1S/C17H18ClN5O2/c1-11-8-14(9-19)21-23(17(11)24)10-16-20-15(22-25-16)7-4-12-2-5-13(18)6-3-12/h2-3,5-6,8H,4,7,9-10,19H2,1H3. The lowest BCUT2D eigenvalue weighted by atomic mass is 10.1. The number of nitrogens with two attached hydrogens (primary N) is 1. The van der Waals surface area contributed by atoms with Crippen molar-refractivity contribution < 1.29 is 4.52 Å². The molecular formula is C17H18ClN5O2. The molecule has 0 amide bonds. The summed E-state index contributed by atoms with van der Waals surface area (Å²) in [6.45, 7) is 2.11. The van der Waals surface area contributed by atoms with E-state index in [-0.39, 0.29) is 18.6 Å². The van der Waals surface area contributed by atoms with Crippen molar-refractivity contribution in [1.29, 1.82) is 0 Å². The molecule has 2 N–H and O–H groups in total. The van der Waals surface area contributed by atoms with Crippen molar-refractivity contribution in [2.45, 2.75) is 32.9 Å². The lowest BCUT2D eigenvalue weighted by molar-refractivity contribution is 0.357. The summed E-state index contributed by atoms with van der Waals surface area (Å²) in [6, 6.07) is 9.32. The molecule has 3 rings (SSSR count). The molecule has 25 heavy (non-hydrogen) atoms. The van der Waals surface area contributed by atoms with Crippen molar-refractivity contribution >= 4 is 11.6 Å². The second-order valence-corrected chi connectivity index (χ2v) is 6.15. The molecule has 0 saturated heterocycles. The van der Waals surface area contributed by atoms with Gasteiger partial charge >= 0.3 is 0 Å². The Bertz CT molecular complexity index is 918. The Morgan fingerprint density at radius 3 is 2.72 bits per heavy atom. The van der Waals surface area contributed by atoms with E-state index in [1.807, 2.05) is 24.3 Å². The zero-order chi connectivity index (χ0) is 17.8. The minimum atomic E-state index is -0.196. The number of hydrogen-bond donors (Lipinski definition) is 1. The highest BCUT2D eigenvalue weighted by atomic mass is 35.5. The monoisotopic (exact) mass is 359 g/mol. The average molecular weight is 360 g/mol. The molecule has 130 valence electrons. The number of aromatic nitrogens is 4. The van der Waals surface area contributed by atoms with Gasteiger partial charge in [0.2, 0.25) is 5.89 Å². The number of rotatable bonds is 6. The van der Waals surface area contributed by atoms with Gasteiger partial charge in [0.25, 0.3) is 5.56 Å². The van der Waals surface area contributed by atoms with Gasteiger partial charge in [-0.3, -0.25) is 4.79 Å². The summed E-state index contributed by atoms with van der Waals surface area (Å²) in [4.78, 5) is 16.5. The van der Waals surface area contributed by atoms with Crippen LogP contribution >= 0.6 is 11.6 Å². The van der Waals surface area contributed by atoms with E-state index in [0.29, 0.717) is 34.4 Å².